The molecule has 1 amide bonds. The van der Waals surface area contributed by atoms with Gasteiger partial charge in [0.05, 0.1) is 12.3 Å². The van der Waals surface area contributed by atoms with Gasteiger partial charge in [0, 0.05) is 17.6 Å². The lowest BCUT2D eigenvalue weighted by Gasteiger charge is -2.16. The predicted molar refractivity (Wildman–Crippen MR) is 102 cm³/mol. The first-order chi connectivity index (χ1) is 12.0. The van der Waals surface area contributed by atoms with Crippen LogP contribution in [0.1, 0.15) is 16.3 Å². The van der Waals surface area contributed by atoms with Crippen molar-refractivity contribution >= 4 is 29.0 Å². The Hall–Kier alpha value is -2.12. The van der Waals surface area contributed by atoms with Crippen molar-refractivity contribution in [3.05, 3.63) is 58.0 Å². The average Bonchev–Trinajstić information content (AvgIpc) is 3.22. The van der Waals surface area contributed by atoms with Gasteiger partial charge in [0.15, 0.2) is 5.16 Å². The van der Waals surface area contributed by atoms with E-state index in [1.807, 2.05) is 48.2 Å². The number of benzene rings is 1. The third-order valence-electron chi connectivity index (χ3n) is 3.78. The highest BCUT2D eigenvalue weighted by atomic mass is 32.2. The van der Waals surface area contributed by atoms with Crippen molar-refractivity contribution in [2.75, 3.05) is 12.8 Å². The van der Waals surface area contributed by atoms with E-state index in [0.29, 0.717) is 12.3 Å². The third kappa shape index (κ3) is 4.29. The highest BCUT2D eigenvalue weighted by molar-refractivity contribution is 7.99. The Bertz CT molecular complexity index is 858. The minimum Gasteiger partial charge on any atom is -0.340 e. The maximum atomic E-state index is 12.4. The van der Waals surface area contributed by atoms with Crippen LogP contribution in [0.15, 0.2) is 46.9 Å². The fraction of sp³-hybridized carbons (Fsp3) is 0.278. The minimum absolute atomic E-state index is 0.0786. The van der Waals surface area contributed by atoms with Crippen molar-refractivity contribution in [1.29, 1.82) is 0 Å². The van der Waals surface area contributed by atoms with Crippen molar-refractivity contribution < 1.29 is 4.79 Å². The van der Waals surface area contributed by atoms with Gasteiger partial charge < -0.3 is 4.90 Å². The van der Waals surface area contributed by atoms with Crippen molar-refractivity contribution in [3.8, 4) is 5.69 Å². The highest BCUT2D eigenvalue weighted by Crippen LogP contribution is 2.23. The van der Waals surface area contributed by atoms with Crippen LogP contribution in [0, 0.1) is 13.8 Å². The number of thiophene rings is 1. The van der Waals surface area contributed by atoms with Crippen LogP contribution in [0.3, 0.4) is 0 Å². The van der Waals surface area contributed by atoms with Crippen molar-refractivity contribution in [1.82, 2.24) is 19.7 Å². The van der Waals surface area contributed by atoms with Crippen LogP contribution in [0.2, 0.25) is 0 Å². The Kier molecular flexibility index (Phi) is 5.55. The summed E-state index contributed by atoms with van der Waals surface area (Å²) in [7, 11) is 1.83. The Balaban J connectivity index is 1.68. The van der Waals surface area contributed by atoms with Crippen molar-refractivity contribution in [2.45, 2.75) is 25.5 Å². The summed E-state index contributed by atoms with van der Waals surface area (Å²) < 4.78 is 1.99. The van der Waals surface area contributed by atoms with Crippen LogP contribution in [-0.4, -0.2) is 38.4 Å². The van der Waals surface area contributed by atoms with E-state index < -0.39 is 0 Å². The molecule has 0 aliphatic heterocycles. The summed E-state index contributed by atoms with van der Waals surface area (Å²) >= 11 is 3.08. The van der Waals surface area contributed by atoms with E-state index in [9.17, 15) is 4.79 Å². The average molecular weight is 373 g/mol. The van der Waals surface area contributed by atoms with E-state index in [-0.39, 0.29) is 5.91 Å². The SMILES string of the molecule is Cc1cccc(-n2c(C)nnc2SCC(=O)N(C)Cc2cccs2)c1. The van der Waals surface area contributed by atoms with Gasteiger partial charge in [-0.05, 0) is 43.0 Å². The van der Waals surface area contributed by atoms with Gasteiger partial charge in [-0.1, -0.05) is 30.0 Å². The Morgan fingerprint density at radius 1 is 1.24 bits per heavy atom. The first kappa shape index (κ1) is 17.7. The van der Waals surface area contributed by atoms with E-state index >= 15 is 0 Å². The largest absolute Gasteiger partial charge is 0.340 e. The second kappa shape index (κ2) is 7.84. The number of rotatable bonds is 6. The molecule has 0 bridgehead atoms. The van der Waals surface area contributed by atoms with Gasteiger partial charge in [0.2, 0.25) is 5.91 Å². The molecule has 0 aliphatic rings. The Labute approximate surface area is 155 Å². The molecular formula is C18H20N4OS2. The molecule has 0 aliphatic carbocycles. The van der Waals surface area contributed by atoms with Crippen molar-refractivity contribution in [3.63, 3.8) is 0 Å². The van der Waals surface area contributed by atoms with E-state index in [4.69, 9.17) is 0 Å². The summed E-state index contributed by atoms with van der Waals surface area (Å²) in [4.78, 5) is 15.3. The maximum absolute atomic E-state index is 12.4. The lowest BCUT2D eigenvalue weighted by atomic mass is 10.2. The van der Waals surface area contributed by atoms with Crippen LogP contribution in [0.4, 0.5) is 0 Å². The van der Waals surface area contributed by atoms with Gasteiger partial charge in [-0.15, -0.1) is 21.5 Å². The summed E-state index contributed by atoms with van der Waals surface area (Å²) in [5, 5.41) is 11.2. The first-order valence-electron chi connectivity index (χ1n) is 7.93. The normalized spacial score (nSPS) is 10.8. The zero-order valence-electron chi connectivity index (χ0n) is 14.5. The number of amides is 1. The lowest BCUT2D eigenvalue weighted by Crippen LogP contribution is -2.27. The number of nitrogens with zero attached hydrogens (tertiary/aromatic N) is 4. The zero-order valence-corrected chi connectivity index (χ0v) is 16.1. The molecule has 0 spiro atoms. The van der Waals surface area contributed by atoms with Gasteiger partial charge in [-0.3, -0.25) is 9.36 Å². The van der Waals surface area contributed by atoms with Gasteiger partial charge in [-0.25, -0.2) is 0 Å². The quantitative estimate of drug-likeness (QED) is 0.619. The fourth-order valence-corrected chi connectivity index (χ4v) is 4.16. The highest BCUT2D eigenvalue weighted by Gasteiger charge is 2.15. The summed E-state index contributed by atoms with van der Waals surface area (Å²) in [5.41, 5.74) is 2.19. The number of aryl methyl sites for hydroxylation is 2. The molecule has 0 N–H and O–H groups in total. The smallest absolute Gasteiger partial charge is 0.233 e. The van der Waals surface area contributed by atoms with Crippen LogP contribution in [-0.2, 0) is 11.3 Å². The van der Waals surface area contributed by atoms with Gasteiger partial charge in [0.1, 0.15) is 5.82 Å². The minimum atomic E-state index is 0.0786. The molecule has 0 saturated carbocycles. The molecule has 0 unspecified atom stereocenters. The van der Waals surface area contributed by atoms with Crippen LogP contribution >= 0.6 is 23.1 Å². The van der Waals surface area contributed by atoms with E-state index in [2.05, 4.69) is 29.3 Å². The topological polar surface area (TPSA) is 51.0 Å². The maximum Gasteiger partial charge on any atom is 0.233 e. The molecule has 0 atom stereocenters. The number of hydrogen-bond donors (Lipinski definition) is 0. The number of hydrogen-bond acceptors (Lipinski definition) is 5. The molecular weight excluding hydrogens is 352 g/mol. The fourth-order valence-electron chi connectivity index (χ4n) is 2.46. The second-order valence-corrected chi connectivity index (χ2v) is 7.80. The predicted octanol–water partition coefficient (Wildman–Crippen LogP) is 3.70. The molecule has 2 aromatic heterocycles. The summed E-state index contributed by atoms with van der Waals surface area (Å²) in [6.45, 7) is 4.61. The molecule has 7 heteroatoms. The molecule has 1 aromatic carbocycles. The summed E-state index contributed by atoms with van der Waals surface area (Å²) in [6.07, 6.45) is 0. The van der Waals surface area contributed by atoms with Gasteiger partial charge >= 0.3 is 0 Å². The molecule has 0 saturated heterocycles. The lowest BCUT2D eigenvalue weighted by molar-refractivity contribution is -0.127. The van der Waals surface area contributed by atoms with Gasteiger partial charge in [0.25, 0.3) is 0 Å². The summed E-state index contributed by atoms with van der Waals surface area (Å²) in [5.74, 6) is 1.23. The Morgan fingerprint density at radius 3 is 2.80 bits per heavy atom. The number of carbonyl (C=O) groups excluding carboxylic acids is 1. The van der Waals surface area contributed by atoms with Crippen LogP contribution in [0.25, 0.3) is 5.69 Å². The molecule has 2 heterocycles. The van der Waals surface area contributed by atoms with Crippen LogP contribution < -0.4 is 0 Å². The number of carbonyl (C=O) groups is 1. The van der Waals surface area contributed by atoms with E-state index in [0.717, 1.165) is 16.7 Å². The van der Waals surface area contributed by atoms with E-state index in [1.165, 1.54) is 22.2 Å². The monoisotopic (exact) mass is 372 g/mol. The van der Waals surface area contributed by atoms with Crippen LogP contribution in [0.5, 0.6) is 0 Å². The Morgan fingerprint density at radius 2 is 2.08 bits per heavy atom. The number of aromatic nitrogens is 3. The van der Waals surface area contributed by atoms with Crippen molar-refractivity contribution in [2.24, 2.45) is 0 Å². The zero-order chi connectivity index (χ0) is 17.8. The molecule has 5 nitrogen and oxygen atoms in total. The molecule has 130 valence electrons. The molecule has 25 heavy (non-hydrogen) atoms. The molecule has 0 fully saturated rings. The first-order valence-corrected chi connectivity index (χ1v) is 9.79. The standard InChI is InChI=1S/C18H20N4OS2/c1-13-6-4-7-15(10-13)22-14(2)19-20-18(22)25-12-17(23)21(3)11-16-8-5-9-24-16/h4-10H,11-12H2,1-3H3. The third-order valence-corrected chi connectivity index (χ3v) is 5.55. The van der Waals surface area contributed by atoms with E-state index in [1.54, 1.807) is 16.2 Å². The molecule has 3 aromatic rings. The van der Waals surface area contributed by atoms with Gasteiger partial charge in [-0.2, -0.15) is 0 Å². The second-order valence-electron chi connectivity index (χ2n) is 5.82. The molecule has 3 rings (SSSR count). The molecule has 0 radical (unpaired) electrons. The summed E-state index contributed by atoms with van der Waals surface area (Å²) in [6, 6.07) is 12.2. The number of thioether (sulfide) groups is 1.